The molecule has 1 unspecified atom stereocenters. The van der Waals surface area contributed by atoms with Gasteiger partial charge in [0.2, 0.25) is 0 Å². The van der Waals surface area contributed by atoms with Crippen LogP contribution in [0.1, 0.15) is 19.4 Å². The Hall–Kier alpha value is -2.60. The Morgan fingerprint density at radius 1 is 1.08 bits per heavy atom. The Bertz CT molecular complexity index is 720. The predicted molar refractivity (Wildman–Crippen MR) is 96.9 cm³/mol. The van der Waals surface area contributed by atoms with E-state index >= 15 is 0 Å². The standard InChI is InChI=1S/C20H24FNO4/c1-4-25-15-9-11-16(12-10-15)26-13-19(23)22-14-20(2,24-3)17-7-5-6-8-18(17)21/h5-12H,4,13-14H2,1-3H3,(H,22,23). The number of benzene rings is 2. The zero-order chi connectivity index (χ0) is 19.0. The minimum Gasteiger partial charge on any atom is -0.494 e. The number of methoxy groups -OCH3 is 1. The van der Waals surface area contributed by atoms with Crippen LogP contribution in [0.15, 0.2) is 48.5 Å². The lowest BCUT2D eigenvalue weighted by Crippen LogP contribution is -2.42. The average Bonchev–Trinajstić information content (AvgIpc) is 2.66. The summed E-state index contributed by atoms with van der Waals surface area (Å²) in [6, 6.07) is 13.4. The van der Waals surface area contributed by atoms with Gasteiger partial charge in [-0.25, -0.2) is 4.39 Å². The molecule has 0 radical (unpaired) electrons. The number of nitrogens with one attached hydrogen (secondary N) is 1. The maximum atomic E-state index is 14.0. The highest BCUT2D eigenvalue weighted by molar-refractivity contribution is 5.77. The molecule has 0 saturated carbocycles. The third-order valence-corrected chi connectivity index (χ3v) is 4.02. The second-order valence-corrected chi connectivity index (χ2v) is 5.88. The van der Waals surface area contributed by atoms with Gasteiger partial charge >= 0.3 is 0 Å². The van der Waals surface area contributed by atoms with Gasteiger partial charge in [-0.1, -0.05) is 18.2 Å². The molecule has 0 heterocycles. The molecule has 5 nitrogen and oxygen atoms in total. The molecule has 1 N–H and O–H groups in total. The van der Waals surface area contributed by atoms with E-state index < -0.39 is 5.60 Å². The van der Waals surface area contributed by atoms with Crippen molar-refractivity contribution in [1.29, 1.82) is 0 Å². The first-order valence-corrected chi connectivity index (χ1v) is 8.41. The van der Waals surface area contributed by atoms with Gasteiger partial charge in [0.05, 0.1) is 13.2 Å². The highest BCUT2D eigenvalue weighted by Gasteiger charge is 2.29. The largest absolute Gasteiger partial charge is 0.494 e. The molecule has 2 aromatic rings. The first kappa shape index (κ1) is 19.7. The quantitative estimate of drug-likeness (QED) is 0.745. The van der Waals surface area contributed by atoms with E-state index in [-0.39, 0.29) is 24.9 Å². The van der Waals surface area contributed by atoms with Crippen LogP contribution in [0.25, 0.3) is 0 Å². The van der Waals surface area contributed by atoms with Gasteiger partial charge in [0.1, 0.15) is 22.9 Å². The van der Waals surface area contributed by atoms with Crippen molar-refractivity contribution in [1.82, 2.24) is 5.32 Å². The molecule has 0 aromatic heterocycles. The Morgan fingerprint density at radius 3 is 2.27 bits per heavy atom. The Labute approximate surface area is 153 Å². The monoisotopic (exact) mass is 361 g/mol. The molecule has 6 heteroatoms. The number of carbonyl (C=O) groups is 1. The van der Waals surface area contributed by atoms with E-state index in [0.717, 1.165) is 5.75 Å². The predicted octanol–water partition coefficient (Wildman–Crippen LogP) is 3.28. The van der Waals surface area contributed by atoms with Crippen molar-refractivity contribution < 1.29 is 23.4 Å². The third-order valence-electron chi connectivity index (χ3n) is 4.02. The molecule has 0 spiro atoms. The van der Waals surface area contributed by atoms with Crippen molar-refractivity contribution in [2.45, 2.75) is 19.4 Å². The first-order valence-electron chi connectivity index (χ1n) is 8.41. The SMILES string of the molecule is CCOc1ccc(OCC(=O)NCC(C)(OC)c2ccccc2F)cc1. The lowest BCUT2D eigenvalue weighted by atomic mass is 9.95. The van der Waals surface area contributed by atoms with Crippen molar-refractivity contribution >= 4 is 5.91 Å². The van der Waals surface area contributed by atoms with E-state index in [0.29, 0.717) is 17.9 Å². The van der Waals surface area contributed by atoms with Crippen LogP contribution in [0, 0.1) is 5.82 Å². The summed E-state index contributed by atoms with van der Waals surface area (Å²) in [7, 11) is 1.48. The minimum absolute atomic E-state index is 0.121. The lowest BCUT2D eigenvalue weighted by Gasteiger charge is -2.29. The molecular formula is C20H24FNO4. The molecule has 1 amide bonds. The molecule has 1 atom stereocenters. The van der Waals surface area contributed by atoms with Crippen LogP contribution in [0.4, 0.5) is 4.39 Å². The molecule has 0 aliphatic rings. The number of rotatable bonds is 9. The van der Waals surface area contributed by atoms with Crippen molar-refractivity contribution in [3.05, 3.63) is 59.9 Å². The second-order valence-electron chi connectivity index (χ2n) is 5.88. The van der Waals surface area contributed by atoms with E-state index in [2.05, 4.69) is 5.32 Å². The van der Waals surface area contributed by atoms with Gasteiger partial charge in [-0.2, -0.15) is 0 Å². The third kappa shape index (κ3) is 5.20. The molecule has 2 rings (SSSR count). The van der Waals surface area contributed by atoms with Crippen LogP contribution in [0.5, 0.6) is 11.5 Å². The average molecular weight is 361 g/mol. The number of carbonyl (C=O) groups excluding carboxylic acids is 1. The number of amides is 1. The Morgan fingerprint density at radius 2 is 1.69 bits per heavy atom. The fourth-order valence-corrected chi connectivity index (χ4v) is 2.43. The fourth-order valence-electron chi connectivity index (χ4n) is 2.43. The zero-order valence-electron chi connectivity index (χ0n) is 15.3. The van der Waals surface area contributed by atoms with Gasteiger partial charge in [0.25, 0.3) is 5.91 Å². The summed E-state index contributed by atoms with van der Waals surface area (Å²) < 4.78 is 30.3. The van der Waals surface area contributed by atoms with Gasteiger partial charge in [0.15, 0.2) is 6.61 Å². The van der Waals surface area contributed by atoms with Gasteiger partial charge in [0, 0.05) is 12.7 Å². The van der Waals surface area contributed by atoms with Gasteiger partial charge in [-0.15, -0.1) is 0 Å². The molecule has 26 heavy (non-hydrogen) atoms. The van der Waals surface area contributed by atoms with Crippen molar-refractivity contribution in [2.75, 3.05) is 26.9 Å². The molecule has 2 aromatic carbocycles. The first-order chi connectivity index (χ1) is 12.5. The molecule has 0 aliphatic carbocycles. The van der Waals surface area contributed by atoms with Crippen LogP contribution in [-0.2, 0) is 15.1 Å². The summed E-state index contributed by atoms with van der Waals surface area (Å²) in [4.78, 5) is 12.1. The summed E-state index contributed by atoms with van der Waals surface area (Å²) in [6.45, 7) is 4.19. The number of hydrogen-bond acceptors (Lipinski definition) is 4. The van der Waals surface area contributed by atoms with E-state index in [1.807, 2.05) is 6.92 Å². The summed E-state index contributed by atoms with van der Waals surface area (Å²) in [5.41, 5.74) is -0.588. The van der Waals surface area contributed by atoms with Crippen LogP contribution in [0.2, 0.25) is 0 Å². The maximum Gasteiger partial charge on any atom is 0.258 e. The Balaban J connectivity index is 1.88. The summed E-state index contributed by atoms with van der Waals surface area (Å²) >= 11 is 0. The van der Waals surface area contributed by atoms with Crippen molar-refractivity contribution in [3.8, 4) is 11.5 Å². The van der Waals surface area contributed by atoms with Crippen LogP contribution < -0.4 is 14.8 Å². The molecule has 0 saturated heterocycles. The van der Waals surface area contributed by atoms with Gasteiger partial charge in [-0.05, 0) is 44.2 Å². The molecule has 0 bridgehead atoms. The molecule has 140 valence electrons. The summed E-state index contributed by atoms with van der Waals surface area (Å²) in [5, 5.41) is 2.72. The van der Waals surface area contributed by atoms with Crippen molar-refractivity contribution in [2.24, 2.45) is 0 Å². The molecule has 0 aliphatic heterocycles. The van der Waals surface area contributed by atoms with Gasteiger partial charge < -0.3 is 19.5 Å². The summed E-state index contributed by atoms with van der Waals surface area (Å²) in [6.07, 6.45) is 0. The molecule has 0 fully saturated rings. The maximum absolute atomic E-state index is 14.0. The van der Waals surface area contributed by atoms with E-state index in [1.165, 1.54) is 13.2 Å². The van der Waals surface area contributed by atoms with E-state index in [4.69, 9.17) is 14.2 Å². The van der Waals surface area contributed by atoms with E-state index in [1.54, 1.807) is 49.4 Å². The fraction of sp³-hybridized carbons (Fsp3) is 0.350. The topological polar surface area (TPSA) is 56.8 Å². The zero-order valence-corrected chi connectivity index (χ0v) is 15.3. The Kier molecular flexibility index (Phi) is 6.97. The minimum atomic E-state index is -0.972. The highest BCUT2D eigenvalue weighted by atomic mass is 19.1. The number of halogens is 1. The van der Waals surface area contributed by atoms with Crippen LogP contribution in [0.3, 0.4) is 0 Å². The number of ether oxygens (including phenoxy) is 3. The molecular weight excluding hydrogens is 337 g/mol. The van der Waals surface area contributed by atoms with E-state index in [9.17, 15) is 9.18 Å². The van der Waals surface area contributed by atoms with Crippen molar-refractivity contribution in [3.63, 3.8) is 0 Å². The van der Waals surface area contributed by atoms with Gasteiger partial charge in [-0.3, -0.25) is 4.79 Å². The lowest BCUT2D eigenvalue weighted by molar-refractivity contribution is -0.124. The normalized spacial score (nSPS) is 12.9. The number of hydrogen-bond donors (Lipinski definition) is 1. The second kappa shape index (κ2) is 9.20. The smallest absolute Gasteiger partial charge is 0.258 e. The highest BCUT2D eigenvalue weighted by Crippen LogP contribution is 2.26. The summed E-state index contributed by atoms with van der Waals surface area (Å²) in [5.74, 6) is 0.604. The van der Waals surface area contributed by atoms with Crippen LogP contribution >= 0.6 is 0 Å². The van der Waals surface area contributed by atoms with Crippen LogP contribution in [-0.4, -0.2) is 32.8 Å².